The lowest BCUT2D eigenvalue weighted by Gasteiger charge is -2.44. The molecule has 4 atom stereocenters. The smallest absolute Gasteiger partial charge is 0.287 e. The molecule has 2 aliphatic carbocycles. The molecule has 2 fully saturated rings. The molecule has 2 saturated carbocycles. The van der Waals surface area contributed by atoms with E-state index in [1.807, 2.05) is 0 Å². The van der Waals surface area contributed by atoms with E-state index in [-0.39, 0.29) is 75.3 Å². The second-order valence-electron chi connectivity index (χ2n) is 10.6. The molecule has 40 heavy (non-hydrogen) atoms. The van der Waals surface area contributed by atoms with Crippen LogP contribution in [0.1, 0.15) is 30.4 Å². The average molecular weight is 611 g/mol. The second kappa shape index (κ2) is 9.53. The number of nitrogens with one attached hydrogen (secondary N) is 2. The monoisotopic (exact) mass is 610 g/mol. The number of ether oxygens (including phenoxy) is 1. The van der Waals surface area contributed by atoms with E-state index in [1.165, 1.54) is 24.6 Å². The van der Waals surface area contributed by atoms with Crippen LogP contribution in [0, 0.1) is 23.6 Å². The molecule has 11 nitrogen and oxygen atoms in total. The van der Waals surface area contributed by atoms with Crippen molar-refractivity contribution in [1.82, 2.24) is 9.62 Å². The van der Waals surface area contributed by atoms with Gasteiger partial charge in [-0.05, 0) is 54.2 Å². The van der Waals surface area contributed by atoms with Gasteiger partial charge in [0.05, 0.1) is 13.4 Å². The van der Waals surface area contributed by atoms with E-state index in [0.29, 0.717) is 5.56 Å². The number of anilines is 1. The van der Waals surface area contributed by atoms with Crippen LogP contribution in [0.2, 0.25) is 0 Å². The molecule has 2 aliphatic heterocycles. The van der Waals surface area contributed by atoms with Gasteiger partial charge in [0, 0.05) is 30.6 Å². The molecule has 1 aromatic carbocycles. The number of rotatable bonds is 7. The van der Waals surface area contributed by atoms with E-state index in [9.17, 15) is 31.1 Å². The number of aliphatic hydroxyl groups is 1. The summed E-state index contributed by atoms with van der Waals surface area (Å²) in [4.78, 5) is 15.5. The topological polar surface area (TPSA) is 154 Å². The number of carbonyl (C=O) groups is 1. The number of methoxy groups -OCH3 is 1. The Morgan fingerprint density at radius 3 is 2.77 bits per heavy atom. The van der Waals surface area contributed by atoms with E-state index < -0.39 is 31.8 Å². The zero-order valence-corrected chi connectivity index (χ0v) is 24.0. The Morgan fingerprint density at radius 2 is 2.05 bits per heavy atom. The summed E-state index contributed by atoms with van der Waals surface area (Å²) in [5.74, 6) is -1.57. The Hall–Kier alpha value is -3.01. The summed E-state index contributed by atoms with van der Waals surface area (Å²) in [5, 5.41) is 16.0. The largest absolute Gasteiger partial charge is 0.511 e. The van der Waals surface area contributed by atoms with Gasteiger partial charge in [0.2, 0.25) is 10.0 Å². The number of fused-ring (bicyclic) bond motifs is 6. The van der Waals surface area contributed by atoms with Gasteiger partial charge in [-0.3, -0.25) is 4.79 Å². The Balaban J connectivity index is 1.39. The van der Waals surface area contributed by atoms with E-state index >= 15 is 0 Å². The van der Waals surface area contributed by atoms with Crippen molar-refractivity contribution in [2.45, 2.75) is 43.3 Å². The molecule has 0 spiro atoms. The third kappa shape index (κ3) is 4.48. The summed E-state index contributed by atoms with van der Waals surface area (Å²) < 4.78 is 75.0. The highest BCUT2D eigenvalue weighted by molar-refractivity contribution is 7.91. The highest BCUT2D eigenvalue weighted by Crippen LogP contribution is 2.55. The number of carbonyl (C=O) groups excluding carboxylic acids is 1. The lowest BCUT2D eigenvalue weighted by atomic mass is 9.77. The fourth-order valence-corrected chi connectivity index (χ4v) is 9.56. The third-order valence-electron chi connectivity index (χ3n) is 8.13. The van der Waals surface area contributed by atoms with Gasteiger partial charge >= 0.3 is 0 Å². The lowest BCUT2D eigenvalue weighted by molar-refractivity contribution is -0.134. The molecule has 0 saturated heterocycles. The normalized spacial score (nSPS) is 26.8. The first-order valence-electron chi connectivity index (χ1n) is 12.6. The molecule has 2 bridgehead atoms. The highest BCUT2D eigenvalue weighted by atomic mass is 32.2. The van der Waals surface area contributed by atoms with Gasteiger partial charge in [-0.15, -0.1) is 15.7 Å². The second-order valence-corrected chi connectivity index (χ2v) is 14.8. The van der Waals surface area contributed by atoms with Gasteiger partial charge in [0.25, 0.3) is 15.9 Å². The summed E-state index contributed by atoms with van der Waals surface area (Å²) in [6, 6.07) is 4.07. The van der Waals surface area contributed by atoms with Crippen molar-refractivity contribution >= 4 is 48.1 Å². The van der Waals surface area contributed by atoms with Crippen LogP contribution in [0.15, 0.2) is 44.2 Å². The quantitative estimate of drug-likeness (QED) is 0.433. The van der Waals surface area contributed by atoms with Crippen molar-refractivity contribution in [3.05, 3.63) is 51.9 Å². The number of hydrogen-bond acceptors (Lipinski definition) is 9. The summed E-state index contributed by atoms with van der Waals surface area (Å²) in [6.45, 7) is -0.132. The predicted octanol–water partition coefficient (Wildman–Crippen LogP) is 2.73. The molecule has 2 aromatic rings. The Kier molecular flexibility index (Phi) is 6.48. The van der Waals surface area contributed by atoms with Crippen LogP contribution in [-0.2, 0) is 37.9 Å². The molecule has 3 heterocycles. The number of hydrogen-bond donors (Lipinski definition) is 3. The minimum atomic E-state index is -4.34. The number of amides is 1. The first-order chi connectivity index (χ1) is 18.9. The summed E-state index contributed by atoms with van der Waals surface area (Å²) in [7, 11) is -6.56. The number of aliphatic hydroxyl groups excluding tert-OH is 1. The summed E-state index contributed by atoms with van der Waals surface area (Å²) >= 11 is 1.03. The van der Waals surface area contributed by atoms with Crippen molar-refractivity contribution in [1.29, 1.82) is 0 Å². The maximum Gasteiger partial charge on any atom is 0.287 e. The van der Waals surface area contributed by atoms with E-state index in [1.54, 1.807) is 11.0 Å². The molecule has 15 heteroatoms. The summed E-state index contributed by atoms with van der Waals surface area (Å²) in [6.07, 6.45) is 3.61. The van der Waals surface area contributed by atoms with Crippen molar-refractivity contribution in [2.24, 2.45) is 22.2 Å². The maximum absolute atomic E-state index is 14.1. The number of nitrogens with zero attached hydrogens (tertiary/aromatic N) is 2. The number of halogens is 1. The number of benzene rings is 1. The van der Waals surface area contributed by atoms with Gasteiger partial charge in [0.15, 0.2) is 17.4 Å². The average Bonchev–Trinajstić information content (AvgIpc) is 3.61. The maximum atomic E-state index is 14.1. The lowest BCUT2D eigenvalue weighted by Crippen LogP contribution is -2.53. The van der Waals surface area contributed by atoms with E-state index in [0.717, 1.165) is 36.9 Å². The zero-order chi connectivity index (χ0) is 28.6. The van der Waals surface area contributed by atoms with Crippen LogP contribution in [0.25, 0.3) is 0 Å². The molecule has 0 radical (unpaired) electrons. The van der Waals surface area contributed by atoms with Crippen molar-refractivity contribution < 1.29 is 35.9 Å². The summed E-state index contributed by atoms with van der Waals surface area (Å²) in [5.41, 5.74) is 0.638. The third-order valence-corrected chi connectivity index (χ3v) is 11.3. The fraction of sp³-hybridized carbons (Fsp3) is 0.440. The van der Waals surface area contributed by atoms with Crippen LogP contribution < -0.4 is 14.8 Å². The highest BCUT2D eigenvalue weighted by Gasteiger charge is 2.57. The molecule has 2 unspecified atom stereocenters. The zero-order valence-electron chi connectivity index (χ0n) is 21.5. The van der Waals surface area contributed by atoms with Crippen LogP contribution in [0.5, 0.6) is 5.75 Å². The standard InChI is InChI=1S/C25H27FN4O7S3/c1-37-17-7-12(3-6-16(17)26)10-30-20-14-5-4-13(8-14)18(20)21(31)19(25(30)32)23-28-24-22(40(35,36)29-23)15(11-38-24)9-27-39(2,33)34/h3,6-7,11,13-14,18,20,27,31H,4-5,8-10H2,1-2H3,(H,28,29)/t13?,14?,18-,20+/m1/s1. The van der Waals surface area contributed by atoms with Crippen molar-refractivity contribution in [3.63, 3.8) is 0 Å². The van der Waals surface area contributed by atoms with Gasteiger partial charge in [-0.1, -0.05) is 6.07 Å². The van der Waals surface area contributed by atoms with Gasteiger partial charge in [0.1, 0.15) is 21.2 Å². The molecular weight excluding hydrogens is 583 g/mol. The fourth-order valence-electron chi connectivity index (χ4n) is 6.54. The SMILES string of the molecule is COc1cc(CN2C(=O)C(C3=NS(=O)(=O)c4c(CNS(C)(=O)=O)csc4N3)=C(O)[C@@H]3C4CCC(C4)[C@@H]32)ccc1F. The van der Waals surface area contributed by atoms with Gasteiger partial charge < -0.3 is 20.1 Å². The van der Waals surface area contributed by atoms with Crippen LogP contribution >= 0.6 is 11.3 Å². The number of amidine groups is 1. The Bertz CT molecular complexity index is 1700. The van der Waals surface area contributed by atoms with E-state index in [2.05, 4.69) is 14.4 Å². The van der Waals surface area contributed by atoms with Crippen molar-refractivity contribution in [2.75, 3.05) is 18.7 Å². The van der Waals surface area contributed by atoms with Gasteiger partial charge in [-0.2, -0.15) is 8.42 Å². The predicted molar refractivity (Wildman–Crippen MR) is 146 cm³/mol. The Morgan fingerprint density at radius 1 is 1.30 bits per heavy atom. The van der Waals surface area contributed by atoms with Crippen LogP contribution in [-0.4, -0.2) is 58.0 Å². The molecule has 4 aliphatic rings. The molecule has 214 valence electrons. The number of sulfonamides is 2. The van der Waals surface area contributed by atoms with Crippen LogP contribution in [0.4, 0.5) is 9.39 Å². The first kappa shape index (κ1) is 27.2. The van der Waals surface area contributed by atoms with Gasteiger partial charge in [-0.25, -0.2) is 17.5 Å². The Labute approximate surface area is 234 Å². The minimum Gasteiger partial charge on any atom is -0.511 e. The van der Waals surface area contributed by atoms with E-state index in [4.69, 9.17) is 4.74 Å². The molecule has 1 aromatic heterocycles. The molecule has 1 amide bonds. The molecule has 3 N–H and O–H groups in total. The first-order valence-corrected chi connectivity index (χ1v) is 16.8. The molecular formula is C25H27FN4O7S3. The van der Waals surface area contributed by atoms with Crippen molar-refractivity contribution in [3.8, 4) is 5.75 Å². The molecule has 6 rings (SSSR count). The number of thiophene rings is 1. The van der Waals surface area contributed by atoms with Crippen LogP contribution in [0.3, 0.4) is 0 Å². The minimum absolute atomic E-state index is 0.0425.